The molecule has 1 aliphatic heterocycles. The Balaban J connectivity index is 1.72. The summed E-state index contributed by atoms with van der Waals surface area (Å²) >= 11 is 0. The van der Waals surface area contributed by atoms with E-state index in [9.17, 15) is 18.8 Å². The van der Waals surface area contributed by atoms with Gasteiger partial charge in [-0.15, -0.1) is 0 Å². The van der Waals surface area contributed by atoms with Gasteiger partial charge in [-0.3, -0.25) is 19.4 Å². The molecular formula is C22H20F2N6O2. The second kappa shape index (κ2) is 7.67. The lowest BCUT2D eigenvalue weighted by Gasteiger charge is -2.20. The number of ether oxygens (including phenoxy) is 1. The molecule has 1 amide bonds. The molecule has 8 nitrogen and oxygen atoms in total. The maximum atomic E-state index is 13.2. The van der Waals surface area contributed by atoms with E-state index in [1.165, 1.54) is 23.1 Å². The van der Waals surface area contributed by atoms with Crippen molar-refractivity contribution in [1.29, 1.82) is 5.26 Å². The second-order valence-electron chi connectivity index (χ2n) is 8.04. The van der Waals surface area contributed by atoms with Crippen LogP contribution in [0.2, 0.25) is 0 Å². The van der Waals surface area contributed by atoms with Crippen LogP contribution in [0.5, 0.6) is 5.75 Å². The SMILES string of the molecule is Cc1cc(-c2cncc(OC(F)F)c2)nc2c1C(=O)N(c1cnn(C(C)(C)C#N)c1)C2C. The summed E-state index contributed by atoms with van der Waals surface area (Å²) < 4.78 is 31.1. The van der Waals surface area contributed by atoms with Crippen LogP contribution in [-0.2, 0) is 5.54 Å². The van der Waals surface area contributed by atoms with Gasteiger partial charge in [0.25, 0.3) is 5.91 Å². The van der Waals surface area contributed by atoms with Crippen molar-refractivity contribution in [2.45, 2.75) is 45.9 Å². The Bertz CT molecular complexity index is 1250. The standard InChI is InChI=1S/C22H20F2N6O2/c1-12-5-17(14-6-16(9-26-7-14)32-21(23)24)28-19-13(2)30(20(31)18(12)19)15-8-27-29(10-15)22(3,4)11-25/h5-10,13,21H,1-4H3. The number of anilines is 1. The van der Waals surface area contributed by atoms with E-state index in [-0.39, 0.29) is 11.7 Å². The predicted molar refractivity (Wildman–Crippen MR) is 111 cm³/mol. The number of carbonyl (C=O) groups is 1. The first-order chi connectivity index (χ1) is 15.1. The Morgan fingerprint density at radius 1 is 1.25 bits per heavy atom. The number of halogens is 2. The molecule has 1 atom stereocenters. The number of nitrogens with zero attached hydrogens (tertiary/aromatic N) is 6. The van der Waals surface area contributed by atoms with Gasteiger partial charge in [-0.2, -0.15) is 19.1 Å². The van der Waals surface area contributed by atoms with Crippen molar-refractivity contribution in [1.82, 2.24) is 19.7 Å². The third-order valence-electron chi connectivity index (χ3n) is 5.39. The van der Waals surface area contributed by atoms with Crippen LogP contribution >= 0.6 is 0 Å². The summed E-state index contributed by atoms with van der Waals surface area (Å²) in [5.74, 6) is -0.290. The molecule has 0 spiro atoms. The number of carbonyl (C=O) groups excluding carboxylic acids is 1. The van der Waals surface area contributed by atoms with E-state index in [1.807, 2.05) is 6.92 Å². The number of hydrogen-bond acceptors (Lipinski definition) is 6. The van der Waals surface area contributed by atoms with E-state index in [1.54, 1.807) is 44.1 Å². The van der Waals surface area contributed by atoms with Gasteiger partial charge in [0.1, 0.15) is 11.3 Å². The summed E-state index contributed by atoms with van der Waals surface area (Å²) in [6.07, 6.45) is 5.91. The van der Waals surface area contributed by atoms with Crippen molar-refractivity contribution in [3.8, 4) is 23.1 Å². The molecule has 0 aliphatic carbocycles. The molecule has 1 unspecified atom stereocenters. The van der Waals surface area contributed by atoms with Crippen molar-refractivity contribution in [3.05, 3.63) is 53.7 Å². The van der Waals surface area contributed by atoms with Gasteiger partial charge in [0.05, 0.1) is 53.3 Å². The molecular weight excluding hydrogens is 418 g/mol. The third-order valence-corrected chi connectivity index (χ3v) is 5.39. The van der Waals surface area contributed by atoms with Crippen LogP contribution in [0.1, 0.15) is 48.4 Å². The van der Waals surface area contributed by atoms with Gasteiger partial charge >= 0.3 is 6.61 Å². The van der Waals surface area contributed by atoms with E-state index < -0.39 is 18.2 Å². The van der Waals surface area contributed by atoms with Crippen molar-refractivity contribution in [2.75, 3.05) is 4.90 Å². The van der Waals surface area contributed by atoms with Crippen molar-refractivity contribution >= 4 is 11.6 Å². The number of amides is 1. The average molecular weight is 438 g/mol. The van der Waals surface area contributed by atoms with Crippen LogP contribution in [0.4, 0.5) is 14.5 Å². The average Bonchev–Trinajstić information content (AvgIpc) is 3.31. The molecule has 3 aromatic heterocycles. The van der Waals surface area contributed by atoms with Crippen molar-refractivity contribution in [3.63, 3.8) is 0 Å². The van der Waals surface area contributed by atoms with Gasteiger partial charge in [0.15, 0.2) is 0 Å². The van der Waals surface area contributed by atoms with Crippen LogP contribution in [-0.4, -0.2) is 32.3 Å². The number of rotatable bonds is 5. The van der Waals surface area contributed by atoms with Crippen LogP contribution < -0.4 is 9.64 Å². The van der Waals surface area contributed by atoms with Crippen LogP contribution in [0.15, 0.2) is 36.9 Å². The molecule has 0 N–H and O–H groups in total. The maximum absolute atomic E-state index is 13.2. The molecule has 4 rings (SSSR count). The van der Waals surface area contributed by atoms with E-state index in [0.29, 0.717) is 33.8 Å². The van der Waals surface area contributed by atoms with E-state index >= 15 is 0 Å². The summed E-state index contributed by atoms with van der Waals surface area (Å²) in [5.41, 5.74) is 2.44. The molecule has 0 bridgehead atoms. The second-order valence-corrected chi connectivity index (χ2v) is 8.04. The van der Waals surface area contributed by atoms with Gasteiger partial charge < -0.3 is 4.74 Å². The molecule has 3 aromatic rings. The zero-order valence-corrected chi connectivity index (χ0v) is 17.9. The van der Waals surface area contributed by atoms with Crippen LogP contribution in [0, 0.1) is 18.3 Å². The number of pyridine rings is 2. The molecule has 0 aromatic carbocycles. The molecule has 1 aliphatic rings. The molecule has 0 saturated carbocycles. The van der Waals surface area contributed by atoms with Crippen LogP contribution in [0.3, 0.4) is 0 Å². The third kappa shape index (κ3) is 3.56. The Labute approximate surface area is 183 Å². The van der Waals surface area contributed by atoms with Gasteiger partial charge in [-0.05, 0) is 45.4 Å². The quantitative estimate of drug-likeness (QED) is 0.591. The first kappa shape index (κ1) is 21.4. The summed E-state index contributed by atoms with van der Waals surface area (Å²) in [4.78, 5) is 23.4. The number of fused-ring (bicyclic) bond motifs is 1. The van der Waals surface area contributed by atoms with Crippen molar-refractivity contribution < 1.29 is 18.3 Å². The Hall–Kier alpha value is -3.87. The Kier molecular flexibility index (Phi) is 5.12. The van der Waals surface area contributed by atoms with Crippen LogP contribution in [0.25, 0.3) is 11.3 Å². The predicted octanol–water partition coefficient (Wildman–Crippen LogP) is 4.23. The summed E-state index contributed by atoms with van der Waals surface area (Å²) in [7, 11) is 0. The molecule has 164 valence electrons. The highest BCUT2D eigenvalue weighted by atomic mass is 19.3. The highest BCUT2D eigenvalue weighted by Crippen LogP contribution is 2.39. The highest BCUT2D eigenvalue weighted by molar-refractivity contribution is 6.11. The summed E-state index contributed by atoms with van der Waals surface area (Å²) in [6, 6.07) is 4.93. The maximum Gasteiger partial charge on any atom is 0.387 e. The minimum atomic E-state index is -2.96. The molecule has 0 saturated heterocycles. The van der Waals surface area contributed by atoms with Crippen molar-refractivity contribution in [2.24, 2.45) is 0 Å². The molecule has 4 heterocycles. The van der Waals surface area contributed by atoms with Gasteiger partial charge in [0.2, 0.25) is 0 Å². The number of hydrogen-bond donors (Lipinski definition) is 0. The number of aryl methyl sites for hydroxylation is 1. The summed E-state index contributed by atoms with van der Waals surface area (Å²) in [6.45, 7) is 4.14. The normalized spacial score (nSPS) is 15.8. The zero-order valence-electron chi connectivity index (χ0n) is 17.9. The van der Waals surface area contributed by atoms with Gasteiger partial charge in [0, 0.05) is 11.8 Å². The minimum absolute atomic E-state index is 0.0734. The number of alkyl halides is 2. The number of aromatic nitrogens is 4. The lowest BCUT2D eigenvalue weighted by molar-refractivity contribution is -0.0500. The monoisotopic (exact) mass is 438 g/mol. The fourth-order valence-electron chi connectivity index (χ4n) is 3.71. The Morgan fingerprint density at radius 2 is 2.00 bits per heavy atom. The number of nitriles is 1. The van der Waals surface area contributed by atoms with E-state index in [4.69, 9.17) is 0 Å². The first-order valence-electron chi connectivity index (χ1n) is 9.84. The van der Waals surface area contributed by atoms with Gasteiger partial charge in [-0.1, -0.05) is 0 Å². The molecule has 0 radical (unpaired) electrons. The fourth-order valence-corrected chi connectivity index (χ4v) is 3.71. The lowest BCUT2D eigenvalue weighted by Crippen LogP contribution is -2.27. The smallest absolute Gasteiger partial charge is 0.387 e. The van der Waals surface area contributed by atoms with Gasteiger partial charge in [-0.25, -0.2) is 4.98 Å². The lowest BCUT2D eigenvalue weighted by atomic mass is 10.0. The van der Waals surface area contributed by atoms with E-state index in [0.717, 1.165) is 0 Å². The van der Waals surface area contributed by atoms with E-state index in [2.05, 4.69) is 25.9 Å². The zero-order chi connectivity index (χ0) is 23.2. The fraction of sp³-hybridized carbons (Fsp3) is 0.318. The topological polar surface area (TPSA) is 96.9 Å². The Morgan fingerprint density at radius 3 is 2.69 bits per heavy atom. The molecule has 0 fully saturated rings. The molecule has 10 heteroatoms. The minimum Gasteiger partial charge on any atom is -0.433 e. The highest BCUT2D eigenvalue weighted by Gasteiger charge is 2.39. The molecule has 32 heavy (non-hydrogen) atoms. The first-order valence-corrected chi connectivity index (χ1v) is 9.84. The summed E-state index contributed by atoms with van der Waals surface area (Å²) in [5, 5.41) is 13.6. The largest absolute Gasteiger partial charge is 0.433 e.